The molecule has 0 aromatic carbocycles. The van der Waals surface area contributed by atoms with E-state index in [1.165, 1.54) is 32.1 Å². The summed E-state index contributed by atoms with van der Waals surface area (Å²) in [6.07, 6.45) is 18.3. The number of carbonyl (C=O) groups excluding carboxylic acids is 1. The molecule has 0 rings (SSSR count). The number of esters is 1. The molecule has 2 N–H and O–H groups in total. The van der Waals surface area contributed by atoms with Crippen LogP contribution in [0.15, 0.2) is 12.2 Å². The highest BCUT2D eigenvalue weighted by molar-refractivity contribution is 5.69. The summed E-state index contributed by atoms with van der Waals surface area (Å²) < 4.78 is 4.98. The molecule has 0 aliphatic heterocycles. The van der Waals surface area contributed by atoms with Crippen molar-refractivity contribution < 1.29 is 19.7 Å². The molecule has 0 aromatic heterocycles. The molecule has 0 aromatic rings. The molecule has 0 aliphatic carbocycles. The van der Waals surface area contributed by atoms with E-state index in [9.17, 15) is 9.90 Å². The highest BCUT2D eigenvalue weighted by atomic mass is 16.5. The van der Waals surface area contributed by atoms with Crippen molar-refractivity contribution in [1.29, 1.82) is 0 Å². The number of hydrogen-bond acceptors (Lipinski definition) is 4. The van der Waals surface area contributed by atoms with E-state index in [4.69, 9.17) is 9.84 Å². The largest absolute Gasteiger partial charge is 0.466 e. The molecule has 25 heavy (non-hydrogen) atoms. The first-order valence-electron chi connectivity index (χ1n) is 10.3. The number of ether oxygens (including phenoxy) is 1. The van der Waals surface area contributed by atoms with Gasteiger partial charge in [-0.15, -0.1) is 0 Å². The zero-order chi connectivity index (χ0) is 18.6. The van der Waals surface area contributed by atoms with Crippen molar-refractivity contribution in [2.45, 2.75) is 103 Å². The summed E-state index contributed by atoms with van der Waals surface area (Å²) in [5, 5.41) is 18.5. The molecule has 0 heterocycles. The second-order valence-corrected chi connectivity index (χ2v) is 6.81. The molecule has 0 radical (unpaired) electrons. The standard InChI is InChI=1S/C21H40O4/c1-2-3-4-11-15-20(23)16-12-9-7-5-6-8-10-13-17-21(24)25-19-14-18-22/h9,12,20,22-23H,2-8,10-11,13-19H2,1H3/t20-/m1/s1. The SMILES string of the molecule is CCCCCC[C@@H](O)CC=CCCCCCCCC(=O)OCCCO. The maximum absolute atomic E-state index is 11.3. The van der Waals surface area contributed by atoms with E-state index in [0.717, 1.165) is 44.9 Å². The Kier molecular flexibility index (Phi) is 18.8. The third-order valence-electron chi connectivity index (χ3n) is 4.28. The zero-order valence-corrected chi connectivity index (χ0v) is 16.3. The fourth-order valence-electron chi connectivity index (χ4n) is 2.68. The summed E-state index contributed by atoms with van der Waals surface area (Å²) in [4.78, 5) is 11.3. The lowest BCUT2D eigenvalue weighted by Crippen LogP contribution is -2.06. The summed E-state index contributed by atoms with van der Waals surface area (Å²) in [5.74, 6) is -0.148. The van der Waals surface area contributed by atoms with Crippen molar-refractivity contribution in [3.05, 3.63) is 12.2 Å². The summed E-state index contributed by atoms with van der Waals surface area (Å²) in [6.45, 7) is 2.60. The number of aliphatic hydroxyl groups is 2. The fraction of sp³-hybridized carbons (Fsp3) is 0.857. The Hall–Kier alpha value is -0.870. The van der Waals surface area contributed by atoms with Crippen molar-refractivity contribution in [3.63, 3.8) is 0 Å². The van der Waals surface area contributed by atoms with E-state index in [2.05, 4.69) is 19.1 Å². The third kappa shape index (κ3) is 19.3. The Morgan fingerprint density at radius 3 is 2.44 bits per heavy atom. The van der Waals surface area contributed by atoms with Crippen LogP contribution in [-0.4, -0.2) is 35.5 Å². The van der Waals surface area contributed by atoms with E-state index < -0.39 is 0 Å². The van der Waals surface area contributed by atoms with E-state index >= 15 is 0 Å². The molecule has 0 saturated heterocycles. The van der Waals surface area contributed by atoms with Crippen LogP contribution in [-0.2, 0) is 9.53 Å². The first-order chi connectivity index (χ1) is 12.2. The minimum atomic E-state index is -0.176. The van der Waals surface area contributed by atoms with Crippen LogP contribution >= 0.6 is 0 Å². The first kappa shape index (κ1) is 24.1. The zero-order valence-electron chi connectivity index (χ0n) is 16.3. The van der Waals surface area contributed by atoms with Gasteiger partial charge in [0.1, 0.15) is 0 Å². The van der Waals surface area contributed by atoms with Crippen LogP contribution in [0.1, 0.15) is 96.8 Å². The number of aliphatic hydroxyl groups excluding tert-OH is 2. The van der Waals surface area contributed by atoms with Crippen molar-refractivity contribution in [2.24, 2.45) is 0 Å². The van der Waals surface area contributed by atoms with Gasteiger partial charge in [0.05, 0.1) is 12.7 Å². The predicted molar refractivity (Wildman–Crippen MR) is 104 cm³/mol. The molecule has 0 bridgehead atoms. The van der Waals surface area contributed by atoms with Gasteiger partial charge >= 0.3 is 5.97 Å². The Morgan fingerprint density at radius 1 is 0.960 bits per heavy atom. The number of carbonyl (C=O) groups is 1. The molecule has 0 fully saturated rings. The minimum absolute atomic E-state index is 0.0691. The minimum Gasteiger partial charge on any atom is -0.466 e. The number of hydrogen-bond donors (Lipinski definition) is 2. The van der Waals surface area contributed by atoms with Crippen LogP contribution in [0.25, 0.3) is 0 Å². The van der Waals surface area contributed by atoms with E-state index in [0.29, 0.717) is 19.4 Å². The van der Waals surface area contributed by atoms with Gasteiger partial charge in [0.15, 0.2) is 0 Å². The molecule has 0 aliphatic rings. The Balaban J connectivity index is 3.30. The van der Waals surface area contributed by atoms with Gasteiger partial charge in [-0.25, -0.2) is 0 Å². The monoisotopic (exact) mass is 356 g/mol. The van der Waals surface area contributed by atoms with Crippen LogP contribution in [0.5, 0.6) is 0 Å². The lowest BCUT2D eigenvalue weighted by atomic mass is 10.1. The summed E-state index contributed by atoms with van der Waals surface area (Å²) in [5.41, 5.74) is 0. The molecule has 1 atom stereocenters. The van der Waals surface area contributed by atoms with Crippen LogP contribution in [0.2, 0.25) is 0 Å². The van der Waals surface area contributed by atoms with Crippen molar-refractivity contribution in [1.82, 2.24) is 0 Å². The highest BCUT2D eigenvalue weighted by Gasteiger charge is 2.02. The lowest BCUT2D eigenvalue weighted by molar-refractivity contribution is -0.144. The van der Waals surface area contributed by atoms with Gasteiger partial charge in [-0.3, -0.25) is 4.79 Å². The highest BCUT2D eigenvalue weighted by Crippen LogP contribution is 2.10. The molecule has 0 amide bonds. The van der Waals surface area contributed by atoms with Crippen LogP contribution < -0.4 is 0 Å². The molecule has 0 unspecified atom stereocenters. The normalized spacial score (nSPS) is 12.6. The molecular formula is C21H40O4. The van der Waals surface area contributed by atoms with Gasteiger partial charge in [-0.2, -0.15) is 0 Å². The maximum Gasteiger partial charge on any atom is 0.305 e. The van der Waals surface area contributed by atoms with Gasteiger partial charge < -0.3 is 14.9 Å². The topological polar surface area (TPSA) is 66.8 Å². The smallest absolute Gasteiger partial charge is 0.305 e. The summed E-state index contributed by atoms with van der Waals surface area (Å²) >= 11 is 0. The molecule has 148 valence electrons. The average molecular weight is 357 g/mol. The Bertz CT molecular complexity index is 315. The quantitative estimate of drug-likeness (QED) is 0.208. The fourth-order valence-corrected chi connectivity index (χ4v) is 2.68. The van der Waals surface area contributed by atoms with Crippen molar-refractivity contribution in [3.8, 4) is 0 Å². The van der Waals surface area contributed by atoms with Crippen LogP contribution in [0.4, 0.5) is 0 Å². The number of allylic oxidation sites excluding steroid dienone is 1. The average Bonchev–Trinajstić information content (AvgIpc) is 2.60. The third-order valence-corrected chi connectivity index (χ3v) is 4.28. The van der Waals surface area contributed by atoms with E-state index in [-0.39, 0.29) is 18.7 Å². The van der Waals surface area contributed by atoms with Crippen molar-refractivity contribution >= 4 is 5.97 Å². The summed E-state index contributed by atoms with van der Waals surface area (Å²) in [7, 11) is 0. The van der Waals surface area contributed by atoms with Gasteiger partial charge in [-0.1, -0.05) is 64.0 Å². The van der Waals surface area contributed by atoms with Gasteiger partial charge in [0.2, 0.25) is 0 Å². The Morgan fingerprint density at radius 2 is 1.68 bits per heavy atom. The van der Waals surface area contributed by atoms with Gasteiger partial charge in [0.25, 0.3) is 0 Å². The molecular weight excluding hydrogens is 316 g/mol. The van der Waals surface area contributed by atoms with E-state index in [1.807, 2.05) is 0 Å². The molecule has 4 heteroatoms. The maximum atomic E-state index is 11.3. The predicted octanol–water partition coefficient (Wildman–Crippen LogP) is 4.92. The first-order valence-corrected chi connectivity index (χ1v) is 10.3. The van der Waals surface area contributed by atoms with E-state index in [1.54, 1.807) is 0 Å². The second kappa shape index (κ2) is 19.5. The van der Waals surface area contributed by atoms with Crippen LogP contribution in [0.3, 0.4) is 0 Å². The molecule has 0 spiro atoms. The Labute approximate surface area is 154 Å². The molecule has 0 saturated carbocycles. The van der Waals surface area contributed by atoms with Gasteiger partial charge in [-0.05, 0) is 32.1 Å². The number of rotatable bonds is 18. The molecule has 4 nitrogen and oxygen atoms in total. The van der Waals surface area contributed by atoms with Crippen LogP contribution in [0, 0.1) is 0 Å². The second-order valence-electron chi connectivity index (χ2n) is 6.81. The van der Waals surface area contributed by atoms with Crippen molar-refractivity contribution in [2.75, 3.05) is 13.2 Å². The number of unbranched alkanes of at least 4 members (excludes halogenated alkanes) is 8. The van der Waals surface area contributed by atoms with Gasteiger partial charge in [0, 0.05) is 19.4 Å². The lowest BCUT2D eigenvalue weighted by Gasteiger charge is -2.07. The summed E-state index contributed by atoms with van der Waals surface area (Å²) in [6, 6.07) is 0.